The molecular weight excluding hydrogens is 360 g/mol. The van der Waals surface area contributed by atoms with Gasteiger partial charge in [-0.2, -0.15) is 0 Å². The first kappa shape index (κ1) is 18.1. The molecule has 0 N–H and O–H groups in total. The normalized spacial score (nSPS) is 16.7. The molecule has 1 saturated heterocycles. The van der Waals surface area contributed by atoms with Crippen LogP contribution in [-0.2, 0) is 16.1 Å². The van der Waals surface area contributed by atoms with Crippen LogP contribution in [-0.4, -0.2) is 37.3 Å². The monoisotopic (exact) mass is 382 g/mol. The number of hydrogen-bond acceptors (Lipinski definition) is 5. The fourth-order valence-electron chi connectivity index (χ4n) is 3.33. The van der Waals surface area contributed by atoms with Gasteiger partial charge in [-0.1, -0.05) is 35.6 Å². The summed E-state index contributed by atoms with van der Waals surface area (Å²) in [5, 5.41) is 0.717. The quantitative estimate of drug-likeness (QED) is 0.639. The van der Waals surface area contributed by atoms with Gasteiger partial charge in [0.1, 0.15) is 0 Å². The van der Waals surface area contributed by atoms with Gasteiger partial charge in [0, 0.05) is 19.3 Å². The van der Waals surface area contributed by atoms with Crippen molar-refractivity contribution in [2.24, 2.45) is 0 Å². The van der Waals surface area contributed by atoms with Gasteiger partial charge in [-0.05, 0) is 42.7 Å². The standard InChI is InChI=1S/C21H22N2O3S/c1-25-14-15-6-4-7-16(12-15)20(24)23(13-17-8-5-11-26-17)21-22-18-9-2-3-10-19(18)27-21/h2-4,6-7,9-10,12,17H,5,8,11,13-14H2,1H3. The van der Waals surface area contributed by atoms with Crippen molar-refractivity contribution < 1.29 is 14.3 Å². The van der Waals surface area contributed by atoms with Crippen LogP contribution in [0.4, 0.5) is 5.13 Å². The molecule has 1 atom stereocenters. The fraction of sp³-hybridized carbons (Fsp3) is 0.333. The van der Waals surface area contributed by atoms with Gasteiger partial charge in [0.15, 0.2) is 5.13 Å². The number of amides is 1. The van der Waals surface area contributed by atoms with E-state index in [0.717, 1.165) is 35.2 Å². The second kappa shape index (κ2) is 8.17. The number of aromatic nitrogens is 1. The third-order valence-corrected chi connectivity index (χ3v) is 5.71. The fourth-order valence-corrected chi connectivity index (χ4v) is 4.31. The minimum Gasteiger partial charge on any atom is -0.380 e. The van der Waals surface area contributed by atoms with Gasteiger partial charge >= 0.3 is 0 Å². The molecule has 1 aliphatic rings. The number of carbonyl (C=O) groups excluding carboxylic acids is 1. The Balaban J connectivity index is 1.68. The van der Waals surface area contributed by atoms with Crippen LogP contribution >= 0.6 is 11.3 Å². The number of benzene rings is 2. The Morgan fingerprint density at radius 2 is 2.19 bits per heavy atom. The molecule has 0 radical (unpaired) electrons. The second-order valence-corrected chi connectivity index (χ2v) is 7.66. The van der Waals surface area contributed by atoms with Crippen molar-refractivity contribution in [2.45, 2.75) is 25.6 Å². The molecule has 0 spiro atoms. The lowest BCUT2D eigenvalue weighted by molar-refractivity contribution is 0.0917. The SMILES string of the molecule is COCc1cccc(C(=O)N(CC2CCCO2)c2nc3ccccc3s2)c1. The van der Waals surface area contributed by atoms with Crippen LogP contribution in [0.25, 0.3) is 10.2 Å². The highest BCUT2D eigenvalue weighted by Crippen LogP contribution is 2.30. The Kier molecular flexibility index (Phi) is 5.48. The molecule has 27 heavy (non-hydrogen) atoms. The van der Waals surface area contributed by atoms with Crippen molar-refractivity contribution in [3.05, 3.63) is 59.7 Å². The summed E-state index contributed by atoms with van der Waals surface area (Å²) in [6.45, 7) is 1.76. The molecule has 1 aromatic heterocycles. The summed E-state index contributed by atoms with van der Waals surface area (Å²) in [6, 6.07) is 15.6. The number of ether oxygens (including phenoxy) is 2. The molecule has 4 rings (SSSR count). The van der Waals surface area contributed by atoms with Crippen LogP contribution in [0.1, 0.15) is 28.8 Å². The number of anilines is 1. The molecule has 2 heterocycles. The summed E-state index contributed by atoms with van der Waals surface area (Å²) in [4.78, 5) is 19.8. The summed E-state index contributed by atoms with van der Waals surface area (Å²) in [5.41, 5.74) is 2.53. The highest BCUT2D eigenvalue weighted by molar-refractivity contribution is 7.22. The summed E-state index contributed by atoms with van der Waals surface area (Å²) in [7, 11) is 1.65. The zero-order valence-corrected chi connectivity index (χ0v) is 16.1. The van der Waals surface area contributed by atoms with Crippen LogP contribution in [0.3, 0.4) is 0 Å². The van der Waals surface area contributed by atoms with E-state index in [1.165, 1.54) is 11.3 Å². The van der Waals surface area contributed by atoms with Crippen LogP contribution in [0.2, 0.25) is 0 Å². The lowest BCUT2D eigenvalue weighted by Crippen LogP contribution is -2.37. The van der Waals surface area contributed by atoms with Crippen LogP contribution in [0, 0.1) is 0 Å². The van der Waals surface area contributed by atoms with E-state index in [-0.39, 0.29) is 12.0 Å². The molecule has 3 aromatic rings. The average molecular weight is 382 g/mol. The zero-order chi connectivity index (χ0) is 18.6. The van der Waals surface area contributed by atoms with Gasteiger partial charge in [0.2, 0.25) is 0 Å². The second-order valence-electron chi connectivity index (χ2n) is 6.65. The number of carbonyl (C=O) groups is 1. The highest BCUT2D eigenvalue weighted by atomic mass is 32.1. The maximum absolute atomic E-state index is 13.4. The Morgan fingerprint density at radius 1 is 1.30 bits per heavy atom. The van der Waals surface area contributed by atoms with E-state index in [9.17, 15) is 4.79 Å². The minimum atomic E-state index is -0.0532. The summed E-state index contributed by atoms with van der Waals surface area (Å²) in [5.74, 6) is -0.0532. The smallest absolute Gasteiger partial charge is 0.260 e. The van der Waals surface area contributed by atoms with E-state index < -0.39 is 0 Å². The third-order valence-electron chi connectivity index (χ3n) is 4.65. The minimum absolute atomic E-state index is 0.0532. The van der Waals surface area contributed by atoms with Crippen molar-refractivity contribution in [3.63, 3.8) is 0 Å². The highest BCUT2D eigenvalue weighted by Gasteiger charge is 2.27. The lowest BCUT2D eigenvalue weighted by atomic mass is 10.1. The van der Waals surface area contributed by atoms with Crippen LogP contribution in [0.15, 0.2) is 48.5 Å². The first-order valence-corrected chi connectivity index (χ1v) is 9.93. The van der Waals surface area contributed by atoms with Crippen LogP contribution in [0.5, 0.6) is 0 Å². The number of hydrogen-bond donors (Lipinski definition) is 0. The van der Waals surface area contributed by atoms with E-state index in [0.29, 0.717) is 23.8 Å². The number of methoxy groups -OCH3 is 1. The molecule has 1 aliphatic heterocycles. The van der Waals surface area contributed by atoms with Gasteiger partial charge < -0.3 is 9.47 Å². The molecule has 6 heteroatoms. The number of fused-ring (bicyclic) bond motifs is 1. The number of thiazole rings is 1. The number of para-hydroxylation sites is 1. The van der Waals surface area contributed by atoms with E-state index >= 15 is 0 Å². The molecule has 1 unspecified atom stereocenters. The van der Waals surface area contributed by atoms with Gasteiger partial charge in [-0.15, -0.1) is 0 Å². The van der Waals surface area contributed by atoms with Gasteiger partial charge in [-0.25, -0.2) is 4.98 Å². The Bertz CT molecular complexity index is 901. The van der Waals surface area contributed by atoms with Gasteiger partial charge in [0.05, 0.1) is 29.5 Å². The molecule has 5 nitrogen and oxygen atoms in total. The molecule has 0 bridgehead atoms. The summed E-state index contributed by atoms with van der Waals surface area (Å²) < 4.78 is 12.1. The summed E-state index contributed by atoms with van der Waals surface area (Å²) in [6.07, 6.45) is 2.07. The molecule has 140 valence electrons. The van der Waals surface area contributed by atoms with Gasteiger partial charge in [-0.3, -0.25) is 9.69 Å². The molecule has 0 saturated carbocycles. The first-order chi connectivity index (χ1) is 13.2. The predicted molar refractivity (Wildman–Crippen MR) is 107 cm³/mol. The molecule has 0 aliphatic carbocycles. The largest absolute Gasteiger partial charge is 0.380 e. The topological polar surface area (TPSA) is 51.7 Å². The molecule has 1 amide bonds. The Labute approximate surface area is 162 Å². The molecule has 2 aromatic carbocycles. The Morgan fingerprint density at radius 3 is 2.96 bits per heavy atom. The van der Waals surface area contributed by atoms with Crippen molar-refractivity contribution in [1.29, 1.82) is 0 Å². The summed E-state index contributed by atoms with van der Waals surface area (Å²) >= 11 is 1.54. The molecule has 1 fully saturated rings. The first-order valence-electron chi connectivity index (χ1n) is 9.11. The van der Waals surface area contributed by atoms with Crippen molar-refractivity contribution in [3.8, 4) is 0 Å². The van der Waals surface area contributed by atoms with E-state index in [1.54, 1.807) is 12.0 Å². The van der Waals surface area contributed by atoms with E-state index in [1.807, 2.05) is 48.5 Å². The lowest BCUT2D eigenvalue weighted by Gasteiger charge is -2.23. The zero-order valence-electron chi connectivity index (χ0n) is 15.3. The maximum Gasteiger partial charge on any atom is 0.260 e. The van der Waals surface area contributed by atoms with E-state index in [2.05, 4.69) is 0 Å². The van der Waals surface area contributed by atoms with Crippen LogP contribution < -0.4 is 4.90 Å². The maximum atomic E-state index is 13.4. The van der Waals surface area contributed by atoms with Crippen molar-refractivity contribution in [1.82, 2.24) is 4.98 Å². The average Bonchev–Trinajstić information content (AvgIpc) is 3.35. The van der Waals surface area contributed by atoms with Crippen molar-refractivity contribution in [2.75, 3.05) is 25.2 Å². The number of nitrogens with zero attached hydrogens (tertiary/aromatic N) is 2. The molecular formula is C21H22N2O3S. The third kappa shape index (κ3) is 4.03. The van der Waals surface area contributed by atoms with Gasteiger partial charge in [0.25, 0.3) is 5.91 Å². The van der Waals surface area contributed by atoms with Crippen molar-refractivity contribution >= 4 is 32.6 Å². The Hall–Kier alpha value is -2.28. The predicted octanol–water partition coefficient (Wildman–Crippen LogP) is 4.27. The number of rotatable bonds is 6. The van der Waals surface area contributed by atoms with E-state index in [4.69, 9.17) is 14.5 Å².